The summed E-state index contributed by atoms with van der Waals surface area (Å²) in [5, 5.41) is 3.11. The number of nitrogens with zero attached hydrogens (tertiary/aromatic N) is 2. The predicted molar refractivity (Wildman–Crippen MR) is 119 cm³/mol. The Labute approximate surface area is 170 Å². The molecule has 0 radical (unpaired) electrons. The monoisotopic (exact) mass is 462 g/mol. The number of unbranched alkanes of at least 4 members (excludes halogenated alkanes) is 4. The number of halogens is 1. The summed E-state index contributed by atoms with van der Waals surface area (Å²) in [6, 6.07) is 7.77. The van der Waals surface area contributed by atoms with Crippen molar-refractivity contribution in [2.75, 3.05) is 32.5 Å². The Balaban J connectivity index is 0.00000576. The van der Waals surface area contributed by atoms with E-state index in [-0.39, 0.29) is 30.1 Å². The first-order valence-corrected chi connectivity index (χ1v) is 8.96. The molecule has 6 heteroatoms. The summed E-state index contributed by atoms with van der Waals surface area (Å²) in [4.78, 5) is 6.61. The molecule has 0 heterocycles. The highest BCUT2D eigenvalue weighted by molar-refractivity contribution is 14.0. The normalized spacial score (nSPS) is 11.5. The fourth-order valence-corrected chi connectivity index (χ4v) is 2.35. The number of aliphatic imine (C=N–C) groups is 1. The minimum atomic E-state index is 0. The summed E-state index contributed by atoms with van der Waals surface area (Å²) in [6.07, 6.45) is 6.32. The molecule has 5 nitrogen and oxygen atoms in total. The van der Waals surface area contributed by atoms with Crippen LogP contribution < -0.4 is 15.8 Å². The van der Waals surface area contributed by atoms with Gasteiger partial charge in [0.05, 0.1) is 6.10 Å². The SMILES string of the molecule is CC(C)Oc1ccc(NC(N)=NCCCCCCCN(C)C)cc1.I. The zero-order valence-corrected chi connectivity index (χ0v) is 18.5. The number of rotatable bonds is 11. The third-order valence-corrected chi connectivity index (χ3v) is 3.54. The van der Waals surface area contributed by atoms with Crippen LogP contribution in [0.3, 0.4) is 0 Å². The van der Waals surface area contributed by atoms with Gasteiger partial charge in [-0.1, -0.05) is 19.3 Å². The quantitative estimate of drug-likeness (QED) is 0.222. The fourth-order valence-electron chi connectivity index (χ4n) is 2.35. The van der Waals surface area contributed by atoms with Gasteiger partial charge in [-0.25, -0.2) is 0 Å². The maximum absolute atomic E-state index is 5.92. The molecule has 1 rings (SSSR count). The van der Waals surface area contributed by atoms with Gasteiger partial charge in [0.15, 0.2) is 5.96 Å². The van der Waals surface area contributed by atoms with Crippen molar-refractivity contribution in [1.82, 2.24) is 4.90 Å². The molecule has 0 aliphatic rings. The molecule has 25 heavy (non-hydrogen) atoms. The molecule has 1 aromatic rings. The van der Waals surface area contributed by atoms with Crippen molar-refractivity contribution in [3.63, 3.8) is 0 Å². The van der Waals surface area contributed by atoms with Gasteiger partial charge in [0.2, 0.25) is 0 Å². The van der Waals surface area contributed by atoms with E-state index in [2.05, 4.69) is 29.3 Å². The number of hydrogen-bond acceptors (Lipinski definition) is 3. The van der Waals surface area contributed by atoms with E-state index in [0.29, 0.717) is 5.96 Å². The van der Waals surface area contributed by atoms with Crippen molar-refractivity contribution >= 4 is 35.6 Å². The molecule has 144 valence electrons. The van der Waals surface area contributed by atoms with Crippen LogP contribution in [-0.4, -0.2) is 44.1 Å². The Morgan fingerprint density at radius 2 is 1.68 bits per heavy atom. The Kier molecular flexibility index (Phi) is 13.6. The van der Waals surface area contributed by atoms with Gasteiger partial charge in [-0.15, -0.1) is 24.0 Å². The first-order chi connectivity index (χ1) is 11.5. The minimum Gasteiger partial charge on any atom is -0.491 e. The molecule has 0 aromatic heterocycles. The average molecular weight is 462 g/mol. The number of nitrogens with one attached hydrogen (secondary N) is 1. The number of nitrogens with two attached hydrogens (primary N) is 1. The van der Waals surface area contributed by atoms with Crippen LogP contribution in [0.5, 0.6) is 5.75 Å². The number of hydrogen-bond donors (Lipinski definition) is 2. The Hall–Kier alpha value is -1.02. The van der Waals surface area contributed by atoms with E-state index in [4.69, 9.17) is 10.5 Å². The lowest BCUT2D eigenvalue weighted by Gasteiger charge is -2.11. The molecule has 0 spiro atoms. The van der Waals surface area contributed by atoms with E-state index in [1.54, 1.807) is 0 Å². The maximum Gasteiger partial charge on any atom is 0.193 e. The van der Waals surface area contributed by atoms with Crippen LogP contribution >= 0.6 is 24.0 Å². The third-order valence-electron chi connectivity index (χ3n) is 3.54. The highest BCUT2D eigenvalue weighted by Crippen LogP contribution is 2.16. The van der Waals surface area contributed by atoms with Gasteiger partial charge in [0.1, 0.15) is 5.75 Å². The third kappa shape index (κ3) is 12.9. The molecule has 0 aliphatic carbocycles. The van der Waals surface area contributed by atoms with Gasteiger partial charge >= 0.3 is 0 Å². The van der Waals surface area contributed by atoms with E-state index < -0.39 is 0 Å². The second-order valence-electron chi connectivity index (χ2n) is 6.65. The summed E-state index contributed by atoms with van der Waals surface area (Å²) in [6.45, 7) is 5.98. The van der Waals surface area contributed by atoms with Gasteiger partial charge in [-0.3, -0.25) is 4.99 Å². The second kappa shape index (κ2) is 14.2. The maximum atomic E-state index is 5.92. The van der Waals surface area contributed by atoms with Crippen molar-refractivity contribution in [1.29, 1.82) is 0 Å². The molecule has 0 fully saturated rings. The Bertz CT molecular complexity index is 475. The molecule has 0 amide bonds. The summed E-state index contributed by atoms with van der Waals surface area (Å²) >= 11 is 0. The van der Waals surface area contributed by atoms with Crippen LogP contribution in [0.15, 0.2) is 29.3 Å². The zero-order valence-electron chi connectivity index (χ0n) is 16.1. The van der Waals surface area contributed by atoms with Crippen molar-refractivity contribution in [3.05, 3.63) is 24.3 Å². The second-order valence-corrected chi connectivity index (χ2v) is 6.65. The average Bonchev–Trinajstić information content (AvgIpc) is 2.51. The number of guanidine groups is 1. The highest BCUT2D eigenvalue weighted by Gasteiger charge is 1.99. The van der Waals surface area contributed by atoms with Crippen LogP contribution in [0.4, 0.5) is 5.69 Å². The van der Waals surface area contributed by atoms with E-state index >= 15 is 0 Å². The lowest BCUT2D eigenvalue weighted by molar-refractivity contribution is 0.242. The number of anilines is 1. The van der Waals surface area contributed by atoms with Crippen LogP contribution in [0.2, 0.25) is 0 Å². The van der Waals surface area contributed by atoms with Crippen LogP contribution in [0.25, 0.3) is 0 Å². The molecule has 3 N–H and O–H groups in total. The first-order valence-electron chi connectivity index (χ1n) is 8.96. The van der Waals surface area contributed by atoms with Crippen LogP contribution in [0, 0.1) is 0 Å². The number of benzene rings is 1. The molecule has 0 unspecified atom stereocenters. The predicted octanol–water partition coefficient (Wildman–Crippen LogP) is 4.33. The fraction of sp³-hybridized carbons (Fsp3) is 0.632. The standard InChI is InChI=1S/C19H34N4O.HI/c1-16(2)24-18-12-10-17(11-13-18)22-19(20)21-14-8-6-5-7-9-15-23(3)4;/h10-13,16H,5-9,14-15H2,1-4H3,(H3,20,21,22);1H. The van der Waals surface area contributed by atoms with E-state index in [0.717, 1.165) is 24.4 Å². The Morgan fingerprint density at radius 1 is 1.08 bits per heavy atom. The smallest absolute Gasteiger partial charge is 0.193 e. The van der Waals surface area contributed by atoms with E-state index in [1.807, 2.05) is 38.1 Å². The van der Waals surface area contributed by atoms with Crippen LogP contribution in [-0.2, 0) is 0 Å². The van der Waals surface area contributed by atoms with Gasteiger partial charge < -0.3 is 20.7 Å². The topological polar surface area (TPSA) is 62.9 Å². The van der Waals surface area contributed by atoms with Crippen molar-refractivity contribution in [2.24, 2.45) is 10.7 Å². The van der Waals surface area contributed by atoms with Crippen molar-refractivity contribution in [3.8, 4) is 5.75 Å². The first kappa shape index (κ1) is 24.0. The molecule has 0 atom stereocenters. The molecular formula is C19H35IN4O. The van der Waals surface area contributed by atoms with Gasteiger partial charge in [-0.2, -0.15) is 0 Å². The molecule has 0 bridgehead atoms. The Morgan fingerprint density at radius 3 is 2.28 bits per heavy atom. The van der Waals surface area contributed by atoms with Crippen LogP contribution in [0.1, 0.15) is 46.0 Å². The number of ether oxygens (including phenoxy) is 1. The van der Waals surface area contributed by atoms with Crippen molar-refractivity contribution in [2.45, 2.75) is 52.1 Å². The lowest BCUT2D eigenvalue weighted by Crippen LogP contribution is -2.22. The summed E-state index contributed by atoms with van der Waals surface area (Å²) in [7, 11) is 4.24. The van der Waals surface area contributed by atoms with Crippen molar-refractivity contribution < 1.29 is 4.74 Å². The molecule has 0 saturated heterocycles. The van der Waals surface area contributed by atoms with Gasteiger partial charge in [0.25, 0.3) is 0 Å². The van der Waals surface area contributed by atoms with Gasteiger partial charge in [-0.05, 0) is 71.6 Å². The molecular weight excluding hydrogens is 427 g/mol. The minimum absolute atomic E-state index is 0. The lowest BCUT2D eigenvalue weighted by atomic mass is 10.1. The summed E-state index contributed by atoms with van der Waals surface area (Å²) in [5.41, 5.74) is 6.85. The molecule has 1 aromatic carbocycles. The molecule has 0 saturated carbocycles. The van der Waals surface area contributed by atoms with E-state index in [1.165, 1.54) is 32.2 Å². The summed E-state index contributed by atoms with van der Waals surface area (Å²) in [5.74, 6) is 1.33. The largest absolute Gasteiger partial charge is 0.491 e. The highest BCUT2D eigenvalue weighted by atomic mass is 127. The van der Waals surface area contributed by atoms with Gasteiger partial charge in [0, 0.05) is 12.2 Å². The summed E-state index contributed by atoms with van der Waals surface area (Å²) < 4.78 is 5.61. The zero-order chi connectivity index (χ0) is 17.8. The van der Waals surface area contributed by atoms with E-state index in [9.17, 15) is 0 Å². The molecule has 0 aliphatic heterocycles.